The fraction of sp³-hybridized carbons (Fsp3) is 0.296. The lowest BCUT2D eigenvalue weighted by molar-refractivity contribution is -0.0722. The number of pyridine rings is 1. The molecule has 30 heavy (non-hydrogen) atoms. The summed E-state index contributed by atoms with van der Waals surface area (Å²) in [6.07, 6.45) is 0. The third-order valence-corrected chi connectivity index (χ3v) is 4.98. The molecule has 0 radical (unpaired) electrons. The van der Waals surface area contributed by atoms with Crippen LogP contribution in [0.4, 0.5) is 0 Å². The molecular formula is C27H29NO2. The standard InChI is InChI=1S/C27H29NO2/c1-26(2,3)29-18-27(4,5)30-20-16-14-19(15-17-20)25-21-10-6-8-12-23(21)28-24-13-9-7-11-22(24)25/h6-17H,18H2,1-5H3. The summed E-state index contributed by atoms with van der Waals surface area (Å²) in [4.78, 5) is 4.83. The number of hydrogen-bond acceptors (Lipinski definition) is 3. The first-order chi connectivity index (χ1) is 14.2. The molecule has 0 fully saturated rings. The van der Waals surface area contributed by atoms with Crippen molar-refractivity contribution in [2.45, 2.75) is 45.8 Å². The number of nitrogens with zero attached hydrogens (tertiary/aromatic N) is 1. The van der Waals surface area contributed by atoms with Gasteiger partial charge >= 0.3 is 0 Å². The lowest BCUT2D eigenvalue weighted by Crippen LogP contribution is -2.37. The van der Waals surface area contributed by atoms with Crippen molar-refractivity contribution < 1.29 is 9.47 Å². The SMILES string of the molecule is CC(C)(C)OCC(C)(C)Oc1ccc(-c2c3ccccc3nc3ccccc23)cc1. The molecule has 4 aromatic rings. The van der Waals surface area contributed by atoms with Crippen LogP contribution in [0.5, 0.6) is 5.75 Å². The molecule has 0 spiro atoms. The van der Waals surface area contributed by atoms with Crippen LogP contribution in [-0.4, -0.2) is 22.8 Å². The summed E-state index contributed by atoms with van der Waals surface area (Å²) in [6, 6.07) is 25.0. The summed E-state index contributed by atoms with van der Waals surface area (Å²) < 4.78 is 12.1. The van der Waals surface area contributed by atoms with Gasteiger partial charge < -0.3 is 9.47 Å². The highest BCUT2D eigenvalue weighted by molar-refractivity contribution is 6.09. The smallest absolute Gasteiger partial charge is 0.127 e. The highest BCUT2D eigenvalue weighted by Gasteiger charge is 2.24. The largest absolute Gasteiger partial charge is 0.485 e. The number of ether oxygens (including phenoxy) is 2. The van der Waals surface area contributed by atoms with Gasteiger partial charge in [-0.1, -0.05) is 48.5 Å². The van der Waals surface area contributed by atoms with Crippen molar-refractivity contribution in [2.75, 3.05) is 6.61 Å². The van der Waals surface area contributed by atoms with Crippen molar-refractivity contribution in [3.05, 3.63) is 72.8 Å². The molecule has 0 aliphatic rings. The second-order valence-electron chi connectivity index (χ2n) is 9.31. The van der Waals surface area contributed by atoms with Gasteiger partial charge in [-0.2, -0.15) is 0 Å². The topological polar surface area (TPSA) is 31.4 Å². The molecular weight excluding hydrogens is 370 g/mol. The number of aromatic nitrogens is 1. The molecule has 0 atom stereocenters. The van der Waals surface area contributed by atoms with E-state index in [0.717, 1.165) is 33.1 Å². The third kappa shape index (κ3) is 4.47. The van der Waals surface area contributed by atoms with E-state index in [1.54, 1.807) is 0 Å². The molecule has 0 aliphatic heterocycles. The molecule has 0 N–H and O–H groups in total. The maximum absolute atomic E-state index is 6.23. The van der Waals surface area contributed by atoms with Crippen LogP contribution in [-0.2, 0) is 4.74 Å². The molecule has 4 rings (SSSR count). The number of rotatable bonds is 5. The second-order valence-corrected chi connectivity index (χ2v) is 9.31. The lowest BCUT2D eigenvalue weighted by atomic mass is 9.96. The Bertz CT molecular complexity index is 1120. The van der Waals surface area contributed by atoms with Gasteiger partial charge in [0, 0.05) is 16.3 Å². The molecule has 0 saturated carbocycles. The predicted octanol–water partition coefficient (Wildman–Crippen LogP) is 7.03. The highest BCUT2D eigenvalue weighted by atomic mass is 16.6. The van der Waals surface area contributed by atoms with Crippen LogP contribution in [0.1, 0.15) is 34.6 Å². The molecule has 3 aromatic carbocycles. The molecule has 1 aromatic heterocycles. The van der Waals surface area contributed by atoms with E-state index in [4.69, 9.17) is 14.5 Å². The van der Waals surface area contributed by atoms with Crippen molar-refractivity contribution in [1.82, 2.24) is 4.98 Å². The highest BCUT2D eigenvalue weighted by Crippen LogP contribution is 2.35. The average Bonchev–Trinajstić information content (AvgIpc) is 2.71. The van der Waals surface area contributed by atoms with Crippen LogP contribution in [0, 0.1) is 0 Å². The van der Waals surface area contributed by atoms with E-state index in [1.165, 1.54) is 5.56 Å². The summed E-state index contributed by atoms with van der Waals surface area (Å²) in [6.45, 7) is 10.8. The minimum absolute atomic E-state index is 0.187. The van der Waals surface area contributed by atoms with Crippen molar-refractivity contribution in [2.24, 2.45) is 0 Å². The molecule has 0 aliphatic carbocycles. The van der Waals surface area contributed by atoms with E-state index >= 15 is 0 Å². The number of para-hydroxylation sites is 2. The molecule has 0 unspecified atom stereocenters. The number of fused-ring (bicyclic) bond motifs is 2. The fourth-order valence-electron chi connectivity index (χ4n) is 3.58. The Kier molecular flexibility index (Phi) is 5.25. The first-order valence-corrected chi connectivity index (χ1v) is 10.4. The van der Waals surface area contributed by atoms with E-state index in [-0.39, 0.29) is 5.60 Å². The lowest BCUT2D eigenvalue weighted by Gasteiger charge is -2.30. The Hall–Kier alpha value is -2.91. The van der Waals surface area contributed by atoms with Crippen molar-refractivity contribution >= 4 is 21.8 Å². The van der Waals surface area contributed by atoms with Gasteiger partial charge in [0.25, 0.3) is 0 Å². The second kappa shape index (κ2) is 7.73. The van der Waals surface area contributed by atoms with Gasteiger partial charge in [-0.05, 0) is 64.4 Å². The molecule has 0 saturated heterocycles. The molecule has 3 nitrogen and oxygen atoms in total. The Labute approximate surface area is 178 Å². The van der Waals surface area contributed by atoms with Gasteiger partial charge in [-0.25, -0.2) is 4.98 Å². The Morgan fingerprint density at radius 2 is 1.23 bits per heavy atom. The van der Waals surface area contributed by atoms with E-state index in [0.29, 0.717) is 6.61 Å². The third-order valence-electron chi connectivity index (χ3n) is 4.98. The summed E-state index contributed by atoms with van der Waals surface area (Å²) in [5.74, 6) is 0.837. The molecule has 0 bridgehead atoms. The summed E-state index contributed by atoms with van der Waals surface area (Å²) >= 11 is 0. The first kappa shape index (κ1) is 20.4. The number of benzene rings is 3. The zero-order valence-electron chi connectivity index (χ0n) is 18.4. The average molecular weight is 400 g/mol. The molecule has 0 amide bonds. The van der Waals surface area contributed by atoms with Crippen LogP contribution in [0.3, 0.4) is 0 Å². The van der Waals surface area contributed by atoms with E-state index in [1.807, 2.05) is 24.3 Å². The van der Waals surface area contributed by atoms with Crippen LogP contribution >= 0.6 is 0 Å². The Morgan fingerprint density at radius 3 is 1.77 bits per heavy atom. The molecule has 1 heterocycles. The van der Waals surface area contributed by atoms with Crippen molar-refractivity contribution in [1.29, 1.82) is 0 Å². The van der Waals surface area contributed by atoms with Gasteiger partial charge in [0.15, 0.2) is 0 Å². The van der Waals surface area contributed by atoms with Crippen LogP contribution in [0.15, 0.2) is 72.8 Å². The molecule has 3 heteroatoms. The van der Waals surface area contributed by atoms with Gasteiger partial charge in [0.05, 0.1) is 23.2 Å². The van der Waals surface area contributed by atoms with Crippen molar-refractivity contribution in [3.63, 3.8) is 0 Å². The zero-order chi connectivity index (χ0) is 21.4. The quantitative estimate of drug-likeness (QED) is 0.338. The number of hydrogen-bond donors (Lipinski definition) is 0. The van der Waals surface area contributed by atoms with Gasteiger partial charge in [-0.3, -0.25) is 0 Å². The van der Waals surface area contributed by atoms with E-state index in [9.17, 15) is 0 Å². The minimum Gasteiger partial charge on any atom is -0.485 e. The maximum atomic E-state index is 6.23. The van der Waals surface area contributed by atoms with Gasteiger partial charge in [0.1, 0.15) is 11.4 Å². The van der Waals surface area contributed by atoms with E-state index < -0.39 is 5.60 Å². The zero-order valence-corrected chi connectivity index (χ0v) is 18.4. The van der Waals surface area contributed by atoms with Crippen LogP contribution in [0.25, 0.3) is 32.9 Å². The summed E-state index contributed by atoms with van der Waals surface area (Å²) in [5, 5.41) is 2.31. The fourth-order valence-corrected chi connectivity index (χ4v) is 3.58. The first-order valence-electron chi connectivity index (χ1n) is 10.4. The normalized spacial score (nSPS) is 12.4. The predicted molar refractivity (Wildman–Crippen MR) is 125 cm³/mol. The van der Waals surface area contributed by atoms with Gasteiger partial charge in [0.2, 0.25) is 0 Å². The van der Waals surface area contributed by atoms with Crippen LogP contribution < -0.4 is 4.74 Å². The van der Waals surface area contributed by atoms with Crippen molar-refractivity contribution in [3.8, 4) is 16.9 Å². The Balaban J connectivity index is 1.68. The monoisotopic (exact) mass is 399 g/mol. The summed E-state index contributed by atoms with van der Waals surface area (Å²) in [7, 11) is 0. The van der Waals surface area contributed by atoms with Gasteiger partial charge in [-0.15, -0.1) is 0 Å². The Morgan fingerprint density at radius 1 is 0.700 bits per heavy atom. The summed E-state index contributed by atoms with van der Waals surface area (Å²) in [5.41, 5.74) is 3.77. The molecule has 154 valence electrons. The van der Waals surface area contributed by atoms with Crippen LogP contribution in [0.2, 0.25) is 0 Å². The minimum atomic E-state index is -0.412. The maximum Gasteiger partial charge on any atom is 0.127 e. The van der Waals surface area contributed by atoms with E-state index in [2.05, 4.69) is 83.1 Å².